The van der Waals surface area contributed by atoms with Crippen molar-refractivity contribution in [1.29, 1.82) is 0 Å². The highest BCUT2D eigenvalue weighted by molar-refractivity contribution is 5.98. The first-order valence-electron chi connectivity index (χ1n) is 5.13. The smallest absolute Gasteiger partial charge is 0.0171 e. The van der Waals surface area contributed by atoms with Gasteiger partial charge in [-0.05, 0) is 52.7 Å². The van der Waals surface area contributed by atoms with Gasteiger partial charge in [0.1, 0.15) is 0 Å². The van der Waals surface area contributed by atoms with Crippen LogP contribution in [0.3, 0.4) is 0 Å². The van der Waals surface area contributed by atoms with Crippen molar-refractivity contribution in [3.8, 4) is 0 Å². The minimum atomic E-state index is 1.26. The average Bonchev–Trinajstić information content (AvgIpc) is 2.26. The number of fused-ring (bicyclic) bond motifs is 2. The lowest BCUT2D eigenvalue weighted by Crippen LogP contribution is -1.77. The van der Waals surface area contributed by atoms with Crippen molar-refractivity contribution < 1.29 is 0 Å². The summed E-state index contributed by atoms with van der Waals surface area (Å²) in [5, 5.41) is 5.15. The molecule has 0 atom stereocenters. The lowest BCUT2D eigenvalue weighted by Gasteiger charge is -2.02. The maximum absolute atomic E-state index is 3.11. The van der Waals surface area contributed by atoms with Gasteiger partial charge in [0.15, 0.2) is 0 Å². The molecule has 0 heteroatoms. The fraction of sp³-hybridized carbons (Fsp3) is 0.0667. The van der Waals surface area contributed by atoms with Crippen molar-refractivity contribution in [2.75, 3.05) is 0 Å². The fourth-order valence-corrected chi connectivity index (χ4v) is 2.00. The van der Waals surface area contributed by atoms with E-state index in [4.69, 9.17) is 0 Å². The van der Waals surface area contributed by atoms with Crippen molar-refractivity contribution in [2.24, 2.45) is 0 Å². The van der Waals surface area contributed by atoms with Crippen LogP contribution < -0.4 is 0 Å². The Morgan fingerprint density at radius 2 is 1.60 bits per heavy atom. The van der Waals surface area contributed by atoms with Crippen LogP contribution in [0.2, 0.25) is 0 Å². The van der Waals surface area contributed by atoms with Crippen LogP contribution in [0.1, 0.15) is 5.56 Å². The molecule has 0 heterocycles. The largest absolute Gasteiger partial charge is 0.0587 e. The average molecular weight is 191 g/mol. The lowest BCUT2D eigenvalue weighted by atomic mass is 10.0. The van der Waals surface area contributed by atoms with Gasteiger partial charge in [-0.1, -0.05) is 35.9 Å². The molecule has 0 aromatic heterocycles. The van der Waals surface area contributed by atoms with Gasteiger partial charge in [-0.3, -0.25) is 0 Å². The van der Waals surface area contributed by atoms with E-state index >= 15 is 0 Å². The number of aryl methyl sites for hydroxylation is 1. The monoisotopic (exact) mass is 191 g/mol. The van der Waals surface area contributed by atoms with Crippen molar-refractivity contribution in [1.82, 2.24) is 0 Å². The highest BCUT2D eigenvalue weighted by Gasteiger charge is 1.97. The molecule has 0 unspecified atom stereocenters. The topological polar surface area (TPSA) is 0 Å². The molecule has 15 heavy (non-hydrogen) atoms. The molecule has 0 N–H and O–H groups in total. The van der Waals surface area contributed by atoms with Gasteiger partial charge in [-0.25, -0.2) is 0 Å². The minimum absolute atomic E-state index is 1.26. The maximum Gasteiger partial charge on any atom is -0.0171 e. The van der Waals surface area contributed by atoms with E-state index in [1.165, 1.54) is 27.1 Å². The first-order valence-corrected chi connectivity index (χ1v) is 5.13. The quantitative estimate of drug-likeness (QED) is 0.469. The van der Waals surface area contributed by atoms with E-state index < -0.39 is 0 Å². The fourth-order valence-electron chi connectivity index (χ4n) is 2.00. The van der Waals surface area contributed by atoms with E-state index in [9.17, 15) is 0 Å². The van der Waals surface area contributed by atoms with Crippen LogP contribution in [-0.4, -0.2) is 0 Å². The molecule has 1 radical (unpaired) electrons. The Balaban J connectivity index is 2.47. The van der Waals surface area contributed by atoms with E-state index in [0.29, 0.717) is 0 Å². The molecule has 0 aliphatic heterocycles. The Hall–Kier alpha value is -1.82. The first-order chi connectivity index (χ1) is 7.33. The first kappa shape index (κ1) is 8.49. The maximum atomic E-state index is 3.11. The van der Waals surface area contributed by atoms with Crippen LogP contribution in [0, 0.1) is 13.0 Å². The van der Waals surface area contributed by atoms with Crippen LogP contribution in [0.5, 0.6) is 0 Å². The third-order valence-electron chi connectivity index (χ3n) is 2.80. The summed E-state index contributed by atoms with van der Waals surface area (Å²) in [5.41, 5.74) is 1.31. The van der Waals surface area contributed by atoms with Gasteiger partial charge in [0.05, 0.1) is 0 Å². The Bertz CT molecular complexity index is 636. The van der Waals surface area contributed by atoms with Crippen LogP contribution in [0.15, 0.2) is 48.5 Å². The van der Waals surface area contributed by atoms with E-state index in [2.05, 4.69) is 49.4 Å². The molecule has 0 saturated carbocycles. The molecule has 0 spiro atoms. The van der Waals surface area contributed by atoms with Gasteiger partial charge in [-0.15, -0.1) is 0 Å². The molecule has 3 aromatic carbocycles. The zero-order valence-corrected chi connectivity index (χ0v) is 8.62. The minimum Gasteiger partial charge on any atom is -0.0587 e. The lowest BCUT2D eigenvalue weighted by molar-refractivity contribution is 1.51. The van der Waals surface area contributed by atoms with Crippen LogP contribution >= 0.6 is 0 Å². The van der Waals surface area contributed by atoms with E-state index in [-0.39, 0.29) is 0 Å². The van der Waals surface area contributed by atoms with Gasteiger partial charge in [0, 0.05) is 0 Å². The van der Waals surface area contributed by atoms with Gasteiger partial charge >= 0.3 is 0 Å². The molecule has 71 valence electrons. The molecule has 0 aliphatic carbocycles. The van der Waals surface area contributed by atoms with E-state index in [1.807, 2.05) is 12.1 Å². The molecular weight excluding hydrogens is 180 g/mol. The number of hydrogen-bond acceptors (Lipinski definition) is 0. The highest BCUT2D eigenvalue weighted by atomic mass is 14.0. The number of benzene rings is 3. The third kappa shape index (κ3) is 1.39. The molecule has 0 nitrogen and oxygen atoms in total. The van der Waals surface area contributed by atoms with E-state index in [0.717, 1.165) is 0 Å². The van der Waals surface area contributed by atoms with Gasteiger partial charge < -0.3 is 0 Å². The van der Waals surface area contributed by atoms with Crippen molar-refractivity contribution in [3.63, 3.8) is 0 Å². The van der Waals surface area contributed by atoms with E-state index in [1.54, 1.807) is 0 Å². The SMILES string of the molecule is Cc1ccc2cc3cc[c]cc3cc2c1. The third-order valence-corrected chi connectivity index (χ3v) is 2.80. The second kappa shape index (κ2) is 3.09. The summed E-state index contributed by atoms with van der Waals surface area (Å²) in [7, 11) is 0. The van der Waals surface area contributed by atoms with Crippen LogP contribution in [-0.2, 0) is 0 Å². The predicted octanol–water partition coefficient (Wildman–Crippen LogP) is 4.10. The Kier molecular flexibility index (Phi) is 1.75. The second-order valence-electron chi connectivity index (χ2n) is 3.98. The highest BCUT2D eigenvalue weighted by Crippen LogP contribution is 2.23. The zero-order chi connectivity index (χ0) is 10.3. The normalized spacial score (nSPS) is 11.0. The molecule has 0 aliphatic rings. The Labute approximate surface area is 89.2 Å². The Morgan fingerprint density at radius 3 is 2.53 bits per heavy atom. The zero-order valence-electron chi connectivity index (χ0n) is 8.62. The predicted molar refractivity (Wildman–Crippen MR) is 65.0 cm³/mol. The van der Waals surface area contributed by atoms with Crippen molar-refractivity contribution >= 4 is 21.5 Å². The summed E-state index contributed by atoms with van der Waals surface area (Å²) in [5.74, 6) is 0. The Morgan fingerprint density at radius 1 is 0.800 bits per heavy atom. The summed E-state index contributed by atoms with van der Waals surface area (Å²) in [6, 6.07) is 20.2. The summed E-state index contributed by atoms with van der Waals surface area (Å²) in [6.07, 6.45) is 0. The van der Waals surface area contributed by atoms with Crippen molar-refractivity contribution in [2.45, 2.75) is 6.92 Å². The summed E-state index contributed by atoms with van der Waals surface area (Å²) in [6.45, 7) is 2.13. The molecule has 3 aromatic rings. The van der Waals surface area contributed by atoms with Gasteiger partial charge in [0.25, 0.3) is 0 Å². The molecule has 0 amide bonds. The molecule has 0 saturated heterocycles. The molecule has 3 rings (SSSR count). The molecule has 0 bridgehead atoms. The van der Waals surface area contributed by atoms with Gasteiger partial charge in [0.2, 0.25) is 0 Å². The van der Waals surface area contributed by atoms with Crippen LogP contribution in [0.25, 0.3) is 21.5 Å². The standard InChI is InChI=1S/C15H11/c1-11-6-7-14-9-12-4-2-3-5-13(12)10-15(14)8-11/h2,4-10H,1H3. The number of rotatable bonds is 0. The van der Waals surface area contributed by atoms with Gasteiger partial charge in [-0.2, -0.15) is 0 Å². The summed E-state index contributed by atoms with van der Waals surface area (Å²) < 4.78 is 0. The summed E-state index contributed by atoms with van der Waals surface area (Å²) >= 11 is 0. The molecular formula is C15H11. The molecule has 0 fully saturated rings. The second-order valence-corrected chi connectivity index (χ2v) is 3.98. The van der Waals surface area contributed by atoms with Crippen LogP contribution in [0.4, 0.5) is 0 Å². The number of hydrogen-bond donors (Lipinski definition) is 0. The summed E-state index contributed by atoms with van der Waals surface area (Å²) in [4.78, 5) is 0. The van der Waals surface area contributed by atoms with Crippen molar-refractivity contribution in [3.05, 3.63) is 60.2 Å².